The highest BCUT2D eigenvalue weighted by molar-refractivity contribution is 8.01. The molecular weight excluding hydrogens is 672 g/mol. The Morgan fingerprint density at radius 2 is 2.09 bits per heavy atom. The minimum absolute atomic E-state index is 0.185. The molecule has 234 valence electrons. The monoisotopic (exact) mass is 691 g/mol. The van der Waals surface area contributed by atoms with Crippen molar-refractivity contribution < 1.29 is 42.3 Å². The van der Waals surface area contributed by atoms with E-state index in [1.54, 1.807) is 23.2 Å². The van der Waals surface area contributed by atoms with E-state index in [0.29, 0.717) is 40.1 Å². The van der Waals surface area contributed by atoms with E-state index in [9.17, 15) is 37.5 Å². The summed E-state index contributed by atoms with van der Waals surface area (Å²) in [6, 6.07) is -1.14. The van der Waals surface area contributed by atoms with E-state index < -0.39 is 52.1 Å². The first-order chi connectivity index (χ1) is 21.0. The summed E-state index contributed by atoms with van der Waals surface area (Å²) in [5.74, 6) is -3.55. The number of β-lactam (4-membered cyclic amide) rings is 1. The number of tetrazole rings is 1. The van der Waals surface area contributed by atoms with Gasteiger partial charge in [0.2, 0.25) is 5.16 Å². The van der Waals surface area contributed by atoms with E-state index >= 15 is 0 Å². The summed E-state index contributed by atoms with van der Waals surface area (Å²) in [6.07, 6.45) is -3.85. The van der Waals surface area contributed by atoms with Gasteiger partial charge in [0, 0.05) is 28.4 Å². The summed E-state index contributed by atoms with van der Waals surface area (Å²) < 4.78 is 39.5. The highest BCUT2D eigenvalue weighted by atomic mass is 32.2. The molecule has 0 saturated carbocycles. The van der Waals surface area contributed by atoms with Crippen LogP contribution in [0.2, 0.25) is 0 Å². The number of carbonyl (C=O) groups is 4. The van der Waals surface area contributed by atoms with E-state index in [1.807, 2.05) is 0 Å². The Kier molecular flexibility index (Phi) is 9.51. The molecule has 0 radical (unpaired) electrons. The number of amides is 3. The fourth-order valence-electron chi connectivity index (χ4n) is 3.91. The van der Waals surface area contributed by atoms with E-state index in [0.717, 1.165) is 4.90 Å². The smallest absolute Gasteiger partial charge is 0.471 e. The summed E-state index contributed by atoms with van der Waals surface area (Å²) in [6.45, 7) is 3.99. The molecule has 3 N–H and O–H groups in total. The van der Waals surface area contributed by atoms with Gasteiger partial charge < -0.3 is 15.3 Å². The summed E-state index contributed by atoms with van der Waals surface area (Å²) >= 11 is 4.64. The predicted molar refractivity (Wildman–Crippen MR) is 154 cm³/mol. The molecule has 2 aromatic rings. The maximum Gasteiger partial charge on any atom is 0.471 e. The van der Waals surface area contributed by atoms with Gasteiger partial charge in [0.25, 0.3) is 11.8 Å². The van der Waals surface area contributed by atoms with Gasteiger partial charge in [-0.3, -0.25) is 24.6 Å². The van der Waals surface area contributed by atoms with Crippen LogP contribution in [-0.2, 0) is 30.6 Å². The first kappa shape index (κ1) is 31.8. The highest BCUT2D eigenvalue weighted by Crippen LogP contribution is 2.41. The largest absolute Gasteiger partial charge is 0.477 e. The zero-order chi connectivity index (χ0) is 31.6. The van der Waals surface area contributed by atoms with Crippen molar-refractivity contribution in [3.63, 3.8) is 0 Å². The van der Waals surface area contributed by atoms with E-state index in [-0.39, 0.29) is 29.0 Å². The number of carboxylic acid groups (broad SMARTS) is 1. The van der Waals surface area contributed by atoms with Gasteiger partial charge in [0.1, 0.15) is 28.9 Å². The SMILES string of the molecule is C=CCn1nnnc1SCC1=C(C(=O)O)N2C(=O)C(NC(=O)/C(=N\OC3CSC3)c3csc(NC(=O)C(F)(F)F)n3)[C@H]2SC1. The Labute approximate surface area is 262 Å². The molecule has 0 spiro atoms. The van der Waals surface area contributed by atoms with Crippen LogP contribution in [0.4, 0.5) is 18.3 Å². The van der Waals surface area contributed by atoms with Crippen LogP contribution >= 0.6 is 46.6 Å². The lowest BCUT2D eigenvalue weighted by Crippen LogP contribution is -2.71. The molecular formula is C22H20F3N9O6S4. The van der Waals surface area contributed by atoms with Gasteiger partial charge in [0.15, 0.2) is 10.8 Å². The maximum absolute atomic E-state index is 13.3. The van der Waals surface area contributed by atoms with Crippen LogP contribution in [-0.4, -0.2) is 111 Å². The van der Waals surface area contributed by atoms with Gasteiger partial charge in [-0.05, 0) is 16.0 Å². The van der Waals surface area contributed by atoms with Crippen molar-refractivity contribution in [3.05, 3.63) is 35.0 Å². The standard InChI is InChI=1S/C22H20F3N9O6S4/c1-2-3-33-21(29-31-32-33)44-5-9-4-42-17-13(16(36)34(17)14(9)18(37)38)27-15(35)12(30-40-10-6-41-7-10)11-8-43-20(26-11)28-19(39)22(23,24)25/h2,8,10,13,17H,1,3-7H2,(H,27,35)(H,37,38)(H,26,28,39)/b30-12-/t13?,17-/m1/s1. The van der Waals surface area contributed by atoms with Gasteiger partial charge in [-0.1, -0.05) is 23.0 Å². The Morgan fingerprint density at radius 1 is 1.32 bits per heavy atom. The molecule has 2 fully saturated rings. The lowest BCUT2D eigenvalue weighted by molar-refractivity contribution is -0.167. The number of aliphatic carboxylic acids is 1. The molecule has 0 aliphatic carbocycles. The number of nitrogens with zero attached hydrogens (tertiary/aromatic N) is 7. The molecule has 15 nitrogen and oxygen atoms in total. The molecule has 3 aliphatic heterocycles. The summed E-state index contributed by atoms with van der Waals surface area (Å²) in [5.41, 5.74) is -0.370. The fourth-order valence-corrected chi connectivity index (χ4v) is 7.52. The number of alkyl halides is 3. The van der Waals surface area contributed by atoms with E-state index in [2.05, 4.69) is 37.6 Å². The van der Waals surface area contributed by atoms with Gasteiger partial charge in [-0.25, -0.2) is 14.5 Å². The number of halogens is 3. The van der Waals surface area contributed by atoms with Crippen molar-refractivity contribution in [1.82, 2.24) is 35.4 Å². The van der Waals surface area contributed by atoms with Crippen molar-refractivity contribution in [1.29, 1.82) is 0 Å². The topological polar surface area (TPSA) is 194 Å². The van der Waals surface area contributed by atoms with Crippen LogP contribution in [0.3, 0.4) is 0 Å². The quantitative estimate of drug-likeness (QED) is 0.0946. The Morgan fingerprint density at radius 3 is 2.75 bits per heavy atom. The summed E-state index contributed by atoms with van der Waals surface area (Å²) in [7, 11) is 0. The van der Waals surface area contributed by atoms with Gasteiger partial charge in [-0.15, -0.1) is 34.8 Å². The average molecular weight is 692 g/mol. The third kappa shape index (κ3) is 6.71. The van der Waals surface area contributed by atoms with Crippen molar-refractivity contribution in [3.8, 4) is 0 Å². The predicted octanol–water partition coefficient (Wildman–Crippen LogP) is 1.18. The molecule has 3 amide bonds. The van der Waals surface area contributed by atoms with Crippen LogP contribution < -0.4 is 10.6 Å². The molecule has 2 aromatic heterocycles. The average Bonchev–Trinajstić information content (AvgIpc) is 3.60. The number of thiazole rings is 1. The van der Waals surface area contributed by atoms with Crippen molar-refractivity contribution >= 4 is 81.2 Å². The third-order valence-corrected chi connectivity index (χ3v) is 10.4. The number of nitrogens with one attached hydrogen (secondary N) is 2. The normalized spacial score (nSPS) is 20.4. The van der Waals surface area contributed by atoms with E-state index in [4.69, 9.17) is 4.84 Å². The number of fused-ring (bicyclic) bond motifs is 1. The number of carboxylic acids is 1. The second-order valence-electron chi connectivity index (χ2n) is 9.03. The number of oxime groups is 1. The van der Waals surface area contributed by atoms with Crippen molar-refractivity contribution in [2.45, 2.75) is 35.4 Å². The zero-order valence-electron chi connectivity index (χ0n) is 22.0. The molecule has 0 bridgehead atoms. The second-order valence-corrected chi connectivity index (χ2v) is 13.0. The van der Waals surface area contributed by atoms with Crippen LogP contribution in [0.15, 0.2) is 39.6 Å². The number of anilines is 1. The number of rotatable bonds is 12. The third-order valence-electron chi connectivity index (χ3n) is 6.05. The summed E-state index contributed by atoms with van der Waals surface area (Å²) in [5, 5.41) is 29.7. The zero-order valence-corrected chi connectivity index (χ0v) is 25.3. The Bertz CT molecular complexity index is 1560. The minimum Gasteiger partial charge on any atom is -0.477 e. The first-order valence-electron chi connectivity index (χ1n) is 12.3. The minimum atomic E-state index is -5.15. The molecule has 0 aromatic carbocycles. The van der Waals surface area contributed by atoms with Gasteiger partial charge in [-0.2, -0.15) is 24.9 Å². The maximum atomic E-state index is 13.3. The van der Waals surface area contributed by atoms with Crippen LogP contribution in [0.1, 0.15) is 5.69 Å². The number of carbonyl (C=O) groups excluding carboxylic acids is 3. The molecule has 5 rings (SSSR count). The number of hydrogen-bond acceptors (Lipinski definition) is 14. The highest BCUT2D eigenvalue weighted by Gasteiger charge is 2.54. The molecule has 1 unspecified atom stereocenters. The Hall–Kier alpha value is -3.63. The number of aromatic nitrogens is 5. The lowest BCUT2D eigenvalue weighted by atomic mass is 10.0. The molecule has 44 heavy (non-hydrogen) atoms. The van der Waals surface area contributed by atoms with Crippen LogP contribution in [0.5, 0.6) is 0 Å². The molecule has 2 atom stereocenters. The Balaban J connectivity index is 1.30. The van der Waals surface area contributed by atoms with Crippen molar-refractivity contribution in [2.75, 3.05) is 28.3 Å². The molecule has 22 heteroatoms. The van der Waals surface area contributed by atoms with E-state index in [1.165, 1.54) is 33.6 Å². The van der Waals surface area contributed by atoms with Gasteiger partial charge in [0.05, 0.1) is 6.54 Å². The number of thioether (sulfide) groups is 3. The molecule has 3 aliphatic rings. The number of hydrogen-bond donors (Lipinski definition) is 3. The fraction of sp³-hybridized carbons (Fsp3) is 0.409. The number of allylic oxidation sites excluding steroid dienone is 1. The molecule has 5 heterocycles. The van der Waals surface area contributed by atoms with Crippen molar-refractivity contribution in [2.24, 2.45) is 5.16 Å². The van der Waals surface area contributed by atoms with Crippen LogP contribution in [0.25, 0.3) is 0 Å². The summed E-state index contributed by atoms with van der Waals surface area (Å²) in [4.78, 5) is 60.3. The van der Waals surface area contributed by atoms with Crippen LogP contribution in [0, 0.1) is 0 Å². The second kappa shape index (κ2) is 13.2. The first-order valence-corrected chi connectivity index (χ1v) is 16.4. The van der Waals surface area contributed by atoms with Gasteiger partial charge >= 0.3 is 18.1 Å². The lowest BCUT2D eigenvalue weighted by Gasteiger charge is -2.49. The molecule has 2 saturated heterocycles.